The number of likely N-dealkylation sites (N-methyl/N-ethyl adjacent to an activating group) is 1. The summed E-state index contributed by atoms with van der Waals surface area (Å²) in [7, 11) is 3.71. The van der Waals surface area contributed by atoms with Crippen molar-refractivity contribution in [2.45, 2.75) is 13.3 Å². The molecule has 1 aromatic carbocycles. The molecule has 2 rings (SSSR count). The third-order valence-corrected chi connectivity index (χ3v) is 4.44. The zero-order valence-corrected chi connectivity index (χ0v) is 13.7. The molecule has 0 aliphatic carbocycles. The standard InChI is InChI=1S/C16H23ClN2O2/c1-12-10-16(21-3)13(11-14(12)17)15(20)4-5-19-8-6-18(2)7-9-19/h10-11H,4-9H2,1-3H3. The van der Waals surface area contributed by atoms with Crippen molar-refractivity contribution in [2.24, 2.45) is 0 Å². The number of nitrogens with zero attached hydrogens (tertiary/aromatic N) is 2. The van der Waals surface area contributed by atoms with Gasteiger partial charge in [-0.1, -0.05) is 11.6 Å². The number of hydrogen-bond acceptors (Lipinski definition) is 4. The predicted molar refractivity (Wildman–Crippen MR) is 85.6 cm³/mol. The van der Waals surface area contributed by atoms with Gasteiger partial charge in [-0.2, -0.15) is 0 Å². The topological polar surface area (TPSA) is 32.8 Å². The number of rotatable bonds is 5. The van der Waals surface area contributed by atoms with Gasteiger partial charge in [0.1, 0.15) is 5.75 Å². The first-order chi connectivity index (χ1) is 10.0. The summed E-state index contributed by atoms with van der Waals surface area (Å²) in [5, 5.41) is 0.610. The molecule has 0 N–H and O–H groups in total. The molecule has 1 fully saturated rings. The Labute approximate surface area is 131 Å². The van der Waals surface area contributed by atoms with Gasteiger partial charge in [0.05, 0.1) is 12.7 Å². The summed E-state index contributed by atoms with van der Waals surface area (Å²) in [6, 6.07) is 3.55. The van der Waals surface area contributed by atoms with Crippen LogP contribution in [-0.2, 0) is 0 Å². The Bertz CT molecular complexity index is 511. The minimum atomic E-state index is 0.0904. The van der Waals surface area contributed by atoms with Crippen LogP contribution in [0.25, 0.3) is 0 Å². The lowest BCUT2D eigenvalue weighted by Gasteiger charge is -2.32. The number of Topliss-reactive ketones (excluding diaryl/α,β-unsaturated/α-hetero) is 1. The van der Waals surface area contributed by atoms with E-state index in [0.717, 1.165) is 38.3 Å². The van der Waals surface area contributed by atoms with E-state index in [-0.39, 0.29) is 5.78 Å². The molecule has 1 heterocycles. The quantitative estimate of drug-likeness (QED) is 0.782. The van der Waals surface area contributed by atoms with Crippen LogP contribution in [0.15, 0.2) is 12.1 Å². The molecule has 1 saturated heterocycles. The average Bonchev–Trinajstić information content (AvgIpc) is 2.48. The van der Waals surface area contributed by atoms with E-state index in [4.69, 9.17) is 16.3 Å². The van der Waals surface area contributed by atoms with E-state index in [1.54, 1.807) is 13.2 Å². The molecule has 0 aromatic heterocycles. The maximum Gasteiger partial charge on any atom is 0.167 e. The van der Waals surface area contributed by atoms with Gasteiger partial charge in [-0.05, 0) is 31.7 Å². The Morgan fingerprint density at radius 3 is 2.57 bits per heavy atom. The van der Waals surface area contributed by atoms with E-state index < -0.39 is 0 Å². The molecule has 0 amide bonds. The monoisotopic (exact) mass is 310 g/mol. The predicted octanol–water partition coefficient (Wildman–Crippen LogP) is 2.48. The summed E-state index contributed by atoms with van der Waals surface area (Å²) in [5.41, 5.74) is 1.51. The number of carbonyl (C=O) groups excluding carboxylic acids is 1. The van der Waals surface area contributed by atoms with E-state index in [1.807, 2.05) is 13.0 Å². The Hall–Kier alpha value is -1.10. The van der Waals surface area contributed by atoms with Crippen LogP contribution in [0.4, 0.5) is 0 Å². The molecule has 1 aliphatic heterocycles. The summed E-state index contributed by atoms with van der Waals surface area (Å²) >= 11 is 6.13. The van der Waals surface area contributed by atoms with Crippen LogP contribution in [0.5, 0.6) is 5.75 Å². The fourth-order valence-corrected chi connectivity index (χ4v) is 2.67. The molecule has 0 unspecified atom stereocenters. The van der Waals surface area contributed by atoms with Gasteiger partial charge in [-0.25, -0.2) is 0 Å². The maximum atomic E-state index is 12.4. The molecule has 4 nitrogen and oxygen atoms in total. The first-order valence-corrected chi connectivity index (χ1v) is 7.67. The normalized spacial score (nSPS) is 17.0. The van der Waals surface area contributed by atoms with Crippen molar-refractivity contribution in [1.82, 2.24) is 9.80 Å². The van der Waals surface area contributed by atoms with E-state index in [0.29, 0.717) is 22.8 Å². The highest BCUT2D eigenvalue weighted by Crippen LogP contribution is 2.27. The van der Waals surface area contributed by atoms with Gasteiger partial charge in [-0.3, -0.25) is 4.79 Å². The summed E-state index contributed by atoms with van der Waals surface area (Å²) in [6.07, 6.45) is 0.499. The second-order valence-electron chi connectivity index (χ2n) is 5.62. The first kappa shape index (κ1) is 16.3. The van der Waals surface area contributed by atoms with Crippen molar-refractivity contribution in [3.8, 4) is 5.75 Å². The van der Waals surface area contributed by atoms with Crippen LogP contribution in [0.1, 0.15) is 22.3 Å². The molecule has 0 spiro atoms. The van der Waals surface area contributed by atoms with E-state index >= 15 is 0 Å². The van der Waals surface area contributed by atoms with Gasteiger partial charge in [-0.15, -0.1) is 0 Å². The largest absolute Gasteiger partial charge is 0.496 e. The lowest BCUT2D eigenvalue weighted by atomic mass is 10.0. The molecule has 1 aromatic rings. The number of ether oxygens (including phenoxy) is 1. The zero-order chi connectivity index (χ0) is 15.4. The molecule has 0 radical (unpaired) electrons. The molecule has 1 aliphatic rings. The minimum Gasteiger partial charge on any atom is -0.496 e. The fourth-order valence-electron chi connectivity index (χ4n) is 2.51. The SMILES string of the molecule is COc1cc(C)c(Cl)cc1C(=O)CCN1CCN(C)CC1. The Kier molecular flexibility index (Phi) is 5.62. The van der Waals surface area contributed by atoms with Crippen molar-refractivity contribution in [3.05, 3.63) is 28.3 Å². The molecule has 0 atom stereocenters. The number of benzene rings is 1. The number of aryl methyl sites for hydroxylation is 1. The number of carbonyl (C=O) groups is 1. The van der Waals surface area contributed by atoms with Crippen LogP contribution in [0.2, 0.25) is 5.02 Å². The molecule has 21 heavy (non-hydrogen) atoms. The molecular weight excluding hydrogens is 288 g/mol. The third-order valence-electron chi connectivity index (χ3n) is 4.03. The Morgan fingerprint density at radius 2 is 1.95 bits per heavy atom. The second-order valence-corrected chi connectivity index (χ2v) is 6.03. The van der Waals surface area contributed by atoms with Crippen molar-refractivity contribution in [1.29, 1.82) is 0 Å². The number of ketones is 1. The van der Waals surface area contributed by atoms with Crippen molar-refractivity contribution in [3.63, 3.8) is 0 Å². The van der Waals surface area contributed by atoms with E-state index in [2.05, 4.69) is 16.8 Å². The van der Waals surface area contributed by atoms with Crippen molar-refractivity contribution < 1.29 is 9.53 Å². The molecule has 116 valence electrons. The van der Waals surface area contributed by atoms with E-state index in [9.17, 15) is 4.79 Å². The number of halogens is 1. The average molecular weight is 311 g/mol. The van der Waals surface area contributed by atoms with Crippen LogP contribution in [0.3, 0.4) is 0 Å². The van der Waals surface area contributed by atoms with Gasteiger partial charge < -0.3 is 14.5 Å². The number of methoxy groups -OCH3 is 1. The smallest absolute Gasteiger partial charge is 0.167 e. The van der Waals surface area contributed by atoms with Gasteiger partial charge in [0, 0.05) is 44.2 Å². The number of piperazine rings is 1. The molecule has 0 saturated carbocycles. The van der Waals surface area contributed by atoms with E-state index in [1.165, 1.54) is 0 Å². The maximum absolute atomic E-state index is 12.4. The van der Waals surface area contributed by atoms with Crippen LogP contribution in [-0.4, -0.2) is 62.5 Å². The first-order valence-electron chi connectivity index (χ1n) is 7.29. The highest BCUT2D eigenvalue weighted by atomic mass is 35.5. The lowest BCUT2D eigenvalue weighted by Crippen LogP contribution is -2.45. The van der Waals surface area contributed by atoms with Crippen LogP contribution >= 0.6 is 11.6 Å². The molecule has 0 bridgehead atoms. The highest BCUT2D eigenvalue weighted by Gasteiger charge is 2.18. The lowest BCUT2D eigenvalue weighted by molar-refractivity contribution is 0.0939. The summed E-state index contributed by atoms with van der Waals surface area (Å²) in [5.74, 6) is 0.702. The summed E-state index contributed by atoms with van der Waals surface area (Å²) in [4.78, 5) is 17.1. The van der Waals surface area contributed by atoms with Gasteiger partial charge >= 0.3 is 0 Å². The van der Waals surface area contributed by atoms with Gasteiger partial charge in [0.25, 0.3) is 0 Å². The van der Waals surface area contributed by atoms with Crippen molar-refractivity contribution >= 4 is 17.4 Å². The summed E-state index contributed by atoms with van der Waals surface area (Å²) in [6.45, 7) is 6.87. The van der Waals surface area contributed by atoms with Gasteiger partial charge in [0.15, 0.2) is 5.78 Å². The fraction of sp³-hybridized carbons (Fsp3) is 0.562. The zero-order valence-electron chi connectivity index (χ0n) is 13.0. The Morgan fingerprint density at radius 1 is 1.29 bits per heavy atom. The van der Waals surface area contributed by atoms with Gasteiger partial charge in [0.2, 0.25) is 0 Å². The van der Waals surface area contributed by atoms with Crippen molar-refractivity contribution in [2.75, 3.05) is 46.9 Å². The minimum absolute atomic E-state index is 0.0904. The second kappa shape index (κ2) is 7.25. The van der Waals surface area contributed by atoms with Crippen LogP contribution < -0.4 is 4.74 Å². The highest BCUT2D eigenvalue weighted by molar-refractivity contribution is 6.31. The third kappa shape index (κ3) is 4.19. The molecule has 5 heteroatoms. The summed E-state index contributed by atoms with van der Waals surface area (Å²) < 4.78 is 5.31. The van der Waals surface area contributed by atoms with Crippen LogP contribution in [0, 0.1) is 6.92 Å². The number of hydrogen-bond donors (Lipinski definition) is 0. The molecular formula is C16H23ClN2O2. The Balaban J connectivity index is 1.98.